The van der Waals surface area contributed by atoms with Gasteiger partial charge in [0.1, 0.15) is 0 Å². The highest BCUT2D eigenvalue weighted by Gasteiger charge is 2.07. The first-order valence-corrected chi connectivity index (χ1v) is 7.00. The van der Waals surface area contributed by atoms with Gasteiger partial charge in [0.05, 0.1) is 0 Å². The van der Waals surface area contributed by atoms with Gasteiger partial charge in [-0.15, -0.1) is 0 Å². The molecule has 0 unspecified atom stereocenters. The van der Waals surface area contributed by atoms with E-state index in [1.165, 1.54) is 16.5 Å². The van der Waals surface area contributed by atoms with Crippen molar-refractivity contribution in [2.45, 2.75) is 19.5 Å². The van der Waals surface area contributed by atoms with Crippen LogP contribution in [0.3, 0.4) is 0 Å². The van der Waals surface area contributed by atoms with Crippen molar-refractivity contribution in [3.8, 4) is 0 Å². The third-order valence-electron chi connectivity index (χ3n) is 3.51. The Morgan fingerprint density at radius 2 is 2.25 bits per heavy atom. The molecule has 2 N–H and O–H groups in total. The minimum atomic E-state index is 0.265. The highest BCUT2D eigenvalue weighted by atomic mass is 35.5. The number of H-pyrrole nitrogens is 1. The van der Waals surface area contributed by atoms with Gasteiger partial charge < -0.3 is 10.3 Å². The predicted molar refractivity (Wildman–Crippen MR) is 82.8 cm³/mol. The Bertz CT molecular complexity index is 706. The molecular formula is C16H16ClN3. The second-order valence-corrected chi connectivity index (χ2v) is 5.33. The summed E-state index contributed by atoms with van der Waals surface area (Å²) in [4.78, 5) is 7.41. The van der Waals surface area contributed by atoms with Crippen LogP contribution in [0.2, 0.25) is 5.02 Å². The quantitative estimate of drug-likeness (QED) is 0.759. The first-order valence-electron chi connectivity index (χ1n) is 6.63. The topological polar surface area (TPSA) is 40.7 Å². The Kier molecular flexibility index (Phi) is 3.72. The fourth-order valence-corrected chi connectivity index (χ4v) is 2.49. The fraction of sp³-hybridized carbons (Fsp3) is 0.188. The Labute approximate surface area is 123 Å². The number of nitrogens with zero attached hydrogens (tertiary/aromatic N) is 1. The smallest absolute Gasteiger partial charge is 0.0472 e. The van der Waals surface area contributed by atoms with Crippen molar-refractivity contribution in [2.24, 2.45) is 0 Å². The van der Waals surface area contributed by atoms with Crippen molar-refractivity contribution in [2.75, 3.05) is 0 Å². The third-order valence-corrected chi connectivity index (χ3v) is 3.75. The Morgan fingerprint density at radius 1 is 1.35 bits per heavy atom. The Hall–Kier alpha value is -1.84. The van der Waals surface area contributed by atoms with E-state index in [-0.39, 0.29) is 6.04 Å². The van der Waals surface area contributed by atoms with Gasteiger partial charge in [-0.25, -0.2) is 0 Å². The molecule has 1 atom stereocenters. The van der Waals surface area contributed by atoms with E-state index in [4.69, 9.17) is 11.6 Å². The standard InChI is InChI=1S/C16H16ClN3/c1-11(12-3-2-6-18-8-12)19-9-13-10-20-16-7-14(17)4-5-15(13)16/h2-8,10-11,19-20H,9H2,1H3/t11-/m0/s1. The normalized spacial score (nSPS) is 12.7. The van der Waals surface area contributed by atoms with E-state index in [0.717, 1.165) is 17.1 Å². The average molecular weight is 286 g/mol. The van der Waals surface area contributed by atoms with Crippen molar-refractivity contribution in [1.29, 1.82) is 0 Å². The summed E-state index contributed by atoms with van der Waals surface area (Å²) in [5.74, 6) is 0. The van der Waals surface area contributed by atoms with E-state index in [9.17, 15) is 0 Å². The fourth-order valence-electron chi connectivity index (χ4n) is 2.32. The summed E-state index contributed by atoms with van der Waals surface area (Å²) in [6.45, 7) is 2.94. The molecule has 4 heteroatoms. The molecule has 102 valence electrons. The minimum Gasteiger partial charge on any atom is -0.361 e. The zero-order valence-corrected chi connectivity index (χ0v) is 12.0. The summed E-state index contributed by atoms with van der Waals surface area (Å²) in [5, 5.41) is 5.48. The molecule has 0 saturated heterocycles. The molecule has 3 aromatic rings. The van der Waals surface area contributed by atoms with Gasteiger partial charge in [-0.3, -0.25) is 4.98 Å². The molecule has 1 aromatic carbocycles. The van der Waals surface area contributed by atoms with E-state index < -0.39 is 0 Å². The van der Waals surface area contributed by atoms with Crippen LogP contribution in [0.5, 0.6) is 0 Å². The number of hydrogen-bond donors (Lipinski definition) is 2. The van der Waals surface area contributed by atoms with Crippen molar-refractivity contribution in [3.63, 3.8) is 0 Å². The molecule has 0 aliphatic carbocycles. The number of aromatic amines is 1. The minimum absolute atomic E-state index is 0.265. The maximum Gasteiger partial charge on any atom is 0.0472 e. The molecule has 0 spiro atoms. The Balaban J connectivity index is 1.74. The second kappa shape index (κ2) is 5.65. The van der Waals surface area contributed by atoms with Gasteiger partial charge in [0, 0.05) is 47.1 Å². The molecular weight excluding hydrogens is 270 g/mol. The number of rotatable bonds is 4. The summed E-state index contributed by atoms with van der Waals surface area (Å²) in [7, 11) is 0. The van der Waals surface area contributed by atoms with Crippen LogP contribution in [0.15, 0.2) is 48.9 Å². The Morgan fingerprint density at radius 3 is 3.05 bits per heavy atom. The van der Waals surface area contributed by atoms with E-state index in [0.29, 0.717) is 0 Å². The maximum absolute atomic E-state index is 5.99. The van der Waals surface area contributed by atoms with E-state index in [1.807, 2.05) is 30.6 Å². The van der Waals surface area contributed by atoms with Crippen molar-refractivity contribution < 1.29 is 0 Å². The van der Waals surface area contributed by atoms with Crippen LogP contribution < -0.4 is 5.32 Å². The van der Waals surface area contributed by atoms with Crippen molar-refractivity contribution >= 4 is 22.5 Å². The average Bonchev–Trinajstić information content (AvgIpc) is 2.88. The second-order valence-electron chi connectivity index (χ2n) is 4.89. The molecule has 0 amide bonds. The number of benzene rings is 1. The number of aromatic nitrogens is 2. The number of pyridine rings is 1. The van der Waals surface area contributed by atoms with Crippen molar-refractivity contribution in [3.05, 3.63) is 65.1 Å². The molecule has 3 rings (SSSR count). The van der Waals surface area contributed by atoms with Crippen LogP contribution in [0.1, 0.15) is 24.1 Å². The van der Waals surface area contributed by atoms with Gasteiger partial charge in [0.2, 0.25) is 0 Å². The van der Waals surface area contributed by atoms with Gasteiger partial charge in [-0.2, -0.15) is 0 Å². The van der Waals surface area contributed by atoms with E-state index in [1.54, 1.807) is 6.20 Å². The molecule has 0 aliphatic rings. The van der Waals surface area contributed by atoms with Gasteiger partial charge in [0.15, 0.2) is 0 Å². The molecule has 2 heterocycles. The molecule has 2 aromatic heterocycles. The summed E-state index contributed by atoms with van der Waals surface area (Å²) in [6.07, 6.45) is 5.72. The third kappa shape index (κ3) is 2.69. The predicted octanol–water partition coefficient (Wildman–Crippen LogP) is 4.07. The lowest BCUT2D eigenvalue weighted by molar-refractivity contribution is 0.575. The van der Waals surface area contributed by atoms with Crippen LogP contribution in [-0.4, -0.2) is 9.97 Å². The number of nitrogens with one attached hydrogen (secondary N) is 2. The van der Waals surface area contributed by atoms with Gasteiger partial charge in [-0.1, -0.05) is 23.7 Å². The lowest BCUT2D eigenvalue weighted by Gasteiger charge is -2.13. The van der Waals surface area contributed by atoms with E-state index >= 15 is 0 Å². The van der Waals surface area contributed by atoms with Gasteiger partial charge >= 0.3 is 0 Å². The SMILES string of the molecule is C[C@H](NCc1c[nH]c2cc(Cl)ccc12)c1cccnc1. The first kappa shape index (κ1) is 13.2. The molecule has 0 aliphatic heterocycles. The summed E-state index contributed by atoms with van der Waals surface area (Å²) in [6, 6.07) is 10.2. The molecule has 3 nitrogen and oxygen atoms in total. The lowest BCUT2D eigenvalue weighted by atomic mass is 10.1. The summed E-state index contributed by atoms with van der Waals surface area (Å²) >= 11 is 5.99. The monoisotopic (exact) mass is 285 g/mol. The molecule has 0 bridgehead atoms. The highest BCUT2D eigenvalue weighted by molar-refractivity contribution is 6.31. The molecule has 0 saturated carbocycles. The number of halogens is 1. The number of fused-ring (bicyclic) bond motifs is 1. The largest absolute Gasteiger partial charge is 0.361 e. The molecule has 20 heavy (non-hydrogen) atoms. The van der Waals surface area contributed by atoms with Crippen LogP contribution in [0.25, 0.3) is 10.9 Å². The van der Waals surface area contributed by atoms with Gasteiger partial charge in [-0.05, 0) is 36.2 Å². The van der Waals surface area contributed by atoms with E-state index in [2.05, 4.69) is 34.3 Å². The lowest BCUT2D eigenvalue weighted by Crippen LogP contribution is -2.17. The van der Waals surface area contributed by atoms with Crippen LogP contribution >= 0.6 is 11.6 Å². The summed E-state index contributed by atoms with van der Waals surface area (Å²) in [5.41, 5.74) is 3.51. The summed E-state index contributed by atoms with van der Waals surface area (Å²) < 4.78 is 0. The van der Waals surface area contributed by atoms with Crippen LogP contribution in [0.4, 0.5) is 0 Å². The van der Waals surface area contributed by atoms with Crippen molar-refractivity contribution in [1.82, 2.24) is 15.3 Å². The maximum atomic E-state index is 5.99. The van der Waals surface area contributed by atoms with Crippen LogP contribution in [0, 0.1) is 0 Å². The molecule has 0 radical (unpaired) electrons. The molecule has 0 fully saturated rings. The highest BCUT2D eigenvalue weighted by Crippen LogP contribution is 2.22. The number of hydrogen-bond acceptors (Lipinski definition) is 2. The van der Waals surface area contributed by atoms with Gasteiger partial charge in [0.25, 0.3) is 0 Å². The van der Waals surface area contributed by atoms with Crippen LogP contribution in [-0.2, 0) is 6.54 Å². The first-order chi connectivity index (χ1) is 9.74. The zero-order chi connectivity index (χ0) is 13.9. The zero-order valence-electron chi connectivity index (χ0n) is 11.2.